The van der Waals surface area contributed by atoms with Crippen molar-refractivity contribution >= 4 is 40.1 Å². The van der Waals surface area contributed by atoms with E-state index < -0.39 is 5.63 Å². The van der Waals surface area contributed by atoms with E-state index in [0.29, 0.717) is 39.9 Å². The van der Waals surface area contributed by atoms with Crippen LogP contribution in [0.3, 0.4) is 0 Å². The first-order valence-electron chi connectivity index (χ1n) is 9.08. The molecule has 0 N–H and O–H groups in total. The predicted molar refractivity (Wildman–Crippen MR) is 115 cm³/mol. The Bertz CT molecular complexity index is 1120. The second-order valence-electron chi connectivity index (χ2n) is 6.84. The van der Waals surface area contributed by atoms with Crippen LogP contribution in [-0.2, 0) is 17.8 Å². The van der Waals surface area contributed by atoms with Crippen LogP contribution in [0.15, 0.2) is 45.6 Å². The largest absolute Gasteiger partial charge is 0.497 e. The standard InChI is InChI=1S/C22H21Cl2NO4/c1-13-17-7-6-16(28-3)11-20(17)29-22(27)18(13)8-9-21(26)25(2)12-14-4-5-15(23)10-19(14)24/h4-7,10-11H,8-9,12H2,1-3H3. The summed E-state index contributed by atoms with van der Waals surface area (Å²) in [5.41, 5.74) is 2.17. The second-order valence-corrected chi connectivity index (χ2v) is 7.68. The molecule has 0 fully saturated rings. The Morgan fingerprint density at radius 2 is 1.93 bits per heavy atom. The van der Waals surface area contributed by atoms with Crippen LogP contribution in [0.4, 0.5) is 0 Å². The van der Waals surface area contributed by atoms with E-state index in [1.165, 1.54) is 0 Å². The number of hydrogen-bond acceptors (Lipinski definition) is 4. The fraction of sp³-hybridized carbons (Fsp3) is 0.273. The number of hydrogen-bond donors (Lipinski definition) is 0. The van der Waals surface area contributed by atoms with Gasteiger partial charge in [0, 0.05) is 47.1 Å². The Hall–Kier alpha value is -2.50. The maximum absolute atomic E-state index is 12.6. The summed E-state index contributed by atoms with van der Waals surface area (Å²) in [7, 11) is 3.26. The smallest absolute Gasteiger partial charge is 0.339 e. The Kier molecular flexibility index (Phi) is 6.50. The summed E-state index contributed by atoms with van der Waals surface area (Å²) in [4.78, 5) is 26.6. The van der Waals surface area contributed by atoms with E-state index in [2.05, 4.69) is 0 Å². The van der Waals surface area contributed by atoms with Gasteiger partial charge in [-0.25, -0.2) is 4.79 Å². The van der Waals surface area contributed by atoms with Gasteiger partial charge < -0.3 is 14.1 Å². The summed E-state index contributed by atoms with van der Waals surface area (Å²) in [5, 5.41) is 1.89. The lowest BCUT2D eigenvalue weighted by atomic mass is 10.0. The fourth-order valence-corrected chi connectivity index (χ4v) is 3.68. The minimum atomic E-state index is -0.431. The van der Waals surface area contributed by atoms with Crippen LogP contribution in [0.2, 0.25) is 10.0 Å². The molecule has 3 rings (SSSR count). The van der Waals surface area contributed by atoms with Crippen LogP contribution in [0, 0.1) is 6.92 Å². The topological polar surface area (TPSA) is 59.8 Å². The molecule has 0 aliphatic heterocycles. The van der Waals surface area contributed by atoms with Crippen LogP contribution in [0.1, 0.15) is 23.1 Å². The molecule has 7 heteroatoms. The number of carbonyl (C=O) groups is 1. The minimum Gasteiger partial charge on any atom is -0.497 e. The highest BCUT2D eigenvalue weighted by Gasteiger charge is 2.16. The zero-order valence-corrected chi connectivity index (χ0v) is 17.9. The fourth-order valence-electron chi connectivity index (χ4n) is 3.21. The quantitative estimate of drug-likeness (QED) is 0.512. The van der Waals surface area contributed by atoms with Crippen molar-refractivity contribution in [2.45, 2.75) is 26.3 Å². The zero-order valence-electron chi connectivity index (χ0n) is 16.4. The summed E-state index contributed by atoms with van der Waals surface area (Å²) >= 11 is 12.1. The van der Waals surface area contributed by atoms with E-state index in [0.717, 1.165) is 16.5 Å². The van der Waals surface area contributed by atoms with E-state index in [1.807, 2.05) is 19.1 Å². The van der Waals surface area contributed by atoms with Crippen molar-refractivity contribution in [3.63, 3.8) is 0 Å². The molecule has 152 valence electrons. The highest BCUT2D eigenvalue weighted by Crippen LogP contribution is 2.25. The molecule has 1 aromatic heterocycles. The van der Waals surface area contributed by atoms with Gasteiger partial charge in [0.15, 0.2) is 0 Å². The van der Waals surface area contributed by atoms with Crippen LogP contribution >= 0.6 is 23.2 Å². The molecule has 0 saturated heterocycles. The molecular weight excluding hydrogens is 413 g/mol. The Morgan fingerprint density at radius 3 is 2.62 bits per heavy atom. The van der Waals surface area contributed by atoms with Crippen molar-refractivity contribution in [3.05, 3.63) is 73.6 Å². The van der Waals surface area contributed by atoms with E-state index >= 15 is 0 Å². The second kappa shape index (κ2) is 8.89. The Balaban J connectivity index is 1.74. The number of ether oxygens (including phenoxy) is 1. The number of halogens is 2. The molecule has 2 aromatic carbocycles. The molecule has 3 aromatic rings. The molecular formula is C22H21Cl2NO4. The van der Waals surface area contributed by atoms with E-state index in [4.69, 9.17) is 32.4 Å². The molecule has 5 nitrogen and oxygen atoms in total. The van der Waals surface area contributed by atoms with Gasteiger partial charge in [0.05, 0.1) is 7.11 Å². The van der Waals surface area contributed by atoms with Crippen molar-refractivity contribution < 1.29 is 13.9 Å². The molecule has 0 radical (unpaired) electrons. The number of amides is 1. The van der Waals surface area contributed by atoms with Crippen molar-refractivity contribution in [2.24, 2.45) is 0 Å². The first kappa shape index (κ1) is 21.2. The van der Waals surface area contributed by atoms with Crippen molar-refractivity contribution in [1.29, 1.82) is 0 Å². The van der Waals surface area contributed by atoms with Gasteiger partial charge >= 0.3 is 5.63 Å². The van der Waals surface area contributed by atoms with Gasteiger partial charge in [0.2, 0.25) is 5.91 Å². The number of nitrogens with zero attached hydrogens (tertiary/aromatic N) is 1. The third-order valence-electron chi connectivity index (χ3n) is 4.93. The number of benzene rings is 2. The van der Waals surface area contributed by atoms with Gasteiger partial charge in [-0.2, -0.15) is 0 Å². The van der Waals surface area contributed by atoms with Crippen LogP contribution < -0.4 is 10.4 Å². The van der Waals surface area contributed by atoms with Crippen LogP contribution in [0.25, 0.3) is 11.0 Å². The molecule has 29 heavy (non-hydrogen) atoms. The average Bonchev–Trinajstić information content (AvgIpc) is 2.69. The molecule has 0 unspecified atom stereocenters. The molecule has 0 bridgehead atoms. The average molecular weight is 434 g/mol. The summed E-state index contributed by atoms with van der Waals surface area (Å²) in [5.74, 6) is 0.523. The lowest BCUT2D eigenvalue weighted by molar-refractivity contribution is -0.130. The Labute approximate surface area is 178 Å². The van der Waals surface area contributed by atoms with Crippen molar-refractivity contribution in [3.8, 4) is 5.75 Å². The molecule has 0 spiro atoms. The number of aryl methyl sites for hydroxylation is 1. The first-order valence-corrected chi connectivity index (χ1v) is 9.84. The lowest BCUT2D eigenvalue weighted by Gasteiger charge is -2.18. The molecule has 0 saturated carbocycles. The van der Waals surface area contributed by atoms with Crippen molar-refractivity contribution in [2.75, 3.05) is 14.2 Å². The van der Waals surface area contributed by atoms with E-state index in [9.17, 15) is 9.59 Å². The molecule has 0 atom stereocenters. The highest BCUT2D eigenvalue weighted by molar-refractivity contribution is 6.35. The zero-order chi connectivity index (χ0) is 21.1. The van der Waals surface area contributed by atoms with Gasteiger partial charge in [0.25, 0.3) is 0 Å². The molecule has 1 amide bonds. The van der Waals surface area contributed by atoms with Gasteiger partial charge in [-0.3, -0.25) is 4.79 Å². The lowest BCUT2D eigenvalue weighted by Crippen LogP contribution is -2.27. The third-order valence-corrected chi connectivity index (χ3v) is 5.52. The highest BCUT2D eigenvalue weighted by atomic mass is 35.5. The number of fused-ring (bicyclic) bond motifs is 1. The summed E-state index contributed by atoms with van der Waals surface area (Å²) in [6.45, 7) is 2.22. The minimum absolute atomic E-state index is 0.0929. The number of methoxy groups -OCH3 is 1. The van der Waals surface area contributed by atoms with Gasteiger partial charge in [-0.1, -0.05) is 29.3 Å². The summed E-state index contributed by atoms with van der Waals surface area (Å²) in [6, 6.07) is 10.5. The van der Waals surface area contributed by atoms with Crippen molar-refractivity contribution in [1.82, 2.24) is 4.90 Å². The molecule has 0 aliphatic rings. The van der Waals surface area contributed by atoms with Crippen LogP contribution in [0.5, 0.6) is 5.75 Å². The normalized spacial score (nSPS) is 10.9. The first-order chi connectivity index (χ1) is 13.8. The summed E-state index contributed by atoms with van der Waals surface area (Å²) < 4.78 is 10.6. The predicted octanol–water partition coefficient (Wildman–Crippen LogP) is 5.01. The van der Waals surface area contributed by atoms with E-state index in [1.54, 1.807) is 43.3 Å². The molecule has 1 heterocycles. The van der Waals surface area contributed by atoms with Gasteiger partial charge in [-0.15, -0.1) is 0 Å². The summed E-state index contributed by atoms with van der Waals surface area (Å²) in [6.07, 6.45) is 0.489. The Morgan fingerprint density at radius 1 is 1.17 bits per heavy atom. The molecule has 0 aliphatic carbocycles. The monoisotopic (exact) mass is 433 g/mol. The third kappa shape index (κ3) is 4.74. The SMILES string of the molecule is COc1ccc2c(C)c(CCC(=O)N(C)Cc3ccc(Cl)cc3Cl)c(=O)oc2c1. The van der Waals surface area contributed by atoms with E-state index in [-0.39, 0.29) is 12.3 Å². The van der Waals surface area contributed by atoms with Gasteiger partial charge in [0.1, 0.15) is 11.3 Å². The van der Waals surface area contributed by atoms with Crippen LogP contribution in [-0.4, -0.2) is 25.0 Å². The maximum atomic E-state index is 12.6. The number of rotatable bonds is 6. The number of carbonyl (C=O) groups excluding carboxylic acids is 1. The van der Waals surface area contributed by atoms with Gasteiger partial charge in [-0.05, 0) is 48.7 Å². The maximum Gasteiger partial charge on any atom is 0.339 e.